The third kappa shape index (κ3) is 4.98. The lowest BCUT2D eigenvalue weighted by atomic mass is 9.85. The zero-order valence-electron chi connectivity index (χ0n) is 13.6. The Bertz CT molecular complexity index is 555. The first kappa shape index (κ1) is 15.7. The molecule has 0 saturated carbocycles. The van der Waals surface area contributed by atoms with Crippen LogP contribution in [0.4, 0.5) is 0 Å². The fraction of sp³-hybridized carbons (Fsp3) is 0.421. The fourth-order valence-corrected chi connectivity index (χ4v) is 2.54. The van der Waals surface area contributed by atoms with Crippen LogP contribution in [0.25, 0.3) is 0 Å². The van der Waals surface area contributed by atoms with Gasteiger partial charge in [0, 0.05) is 25.0 Å². The molecule has 21 heavy (non-hydrogen) atoms. The van der Waals surface area contributed by atoms with Crippen LogP contribution in [0, 0.1) is 12.3 Å². The molecule has 0 amide bonds. The van der Waals surface area contributed by atoms with E-state index in [1.807, 2.05) is 12.4 Å². The highest BCUT2D eigenvalue weighted by atomic mass is 14.9. The second kappa shape index (κ2) is 6.86. The van der Waals surface area contributed by atoms with Crippen LogP contribution in [0.2, 0.25) is 0 Å². The standard InChI is InChI=1S/C19H26N2/c1-15-13-20-11-10-17(15)14-21-18(12-19(2,3)4)16-8-6-5-7-9-16/h5-11,13,18,21H,12,14H2,1-4H3. The van der Waals surface area contributed by atoms with Crippen LogP contribution >= 0.6 is 0 Å². The maximum absolute atomic E-state index is 4.16. The molecule has 0 spiro atoms. The number of nitrogens with one attached hydrogen (secondary N) is 1. The fourth-order valence-electron chi connectivity index (χ4n) is 2.54. The number of rotatable bonds is 5. The Morgan fingerprint density at radius 2 is 1.81 bits per heavy atom. The Balaban J connectivity index is 2.11. The van der Waals surface area contributed by atoms with Gasteiger partial charge < -0.3 is 5.32 Å². The molecule has 1 heterocycles. The van der Waals surface area contributed by atoms with Crippen molar-refractivity contribution in [2.24, 2.45) is 5.41 Å². The van der Waals surface area contributed by atoms with Crippen molar-refractivity contribution in [3.05, 3.63) is 65.5 Å². The van der Waals surface area contributed by atoms with Crippen molar-refractivity contribution < 1.29 is 0 Å². The van der Waals surface area contributed by atoms with Gasteiger partial charge in [0.1, 0.15) is 0 Å². The van der Waals surface area contributed by atoms with Gasteiger partial charge >= 0.3 is 0 Å². The molecule has 2 aromatic rings. The van der Waals surface area contributed by atoms with Gasteiger partial charge in [-0.3, -0.25) is 4.98 Å². The number of aryl methyl sites for hydroxylation is 1. The molecule has 0 fully saturated rings. The normalized spacial score (nSPS) is 13.1. The first-order chi connectivity index (χ1) is 9.96. The molecule has 0 bridgehead atoms. The highest BCUT2D eigenvalue weighted by Gasteiger charge is 2.19. The summed E-state index contributed by atoms with van der Waals surface area (Å²) < 4.78 is 0. The van der Waals surface area contributed by atoms with Crippen molar-refractivity contribution in [1.82, 2.24) is 10.3 Å². The van der Waals surface area contributed by atoms with Gasteiger partial charge in [-0.1, -0.05) is 51.1 Å². The van der Waals surface area contributed by atoms with E-state index in [4.69, 9.17) is 0 Å². The quantitative estimate of drug-likeness (QED) is 0.863. The lowest BCUT2D eigenvalue weighted by Gasteiger charge is -2.27. The summed E-state index contributed by atoms with van der Waals surface area (Å²) in [4.78, 5) is 4.16. The summed E-state index contributed by atoms with van der Waals surface area (Å²) in [6, 6.07) is 13.2. The van der Waals surface area contributed by atoms with Crippen molar-refractivity contribution in [3.63, 3.8) is 0 Å². The second-order valence-corrected chi connectivity index (χ2v) is 6.91. The number of hydrogen-bond donors (Lipinski definition) is 1. The topological polar surface area (TPSA) is 24.9 Å². The van der Waals surface area contributed by atoms with E-state index < -0.39 is 0 Å². The molecule has 0 aliphatic heterocycles. The van der Waals surface area contributed by atoms with E-state index in [0.29, 0.717) is 11.5 Å². The maximum Gasteiger partial charge on any atom is 0.0328 e. The van der Waals surface area contributed by atoms with Gasteiger partial charge in [0.25, 0.3) is 0 Å². The third-order valence-corrected chi connectivity index (χ3v) is 3.69. The van der Waals surface area contributed by atoms with E-state index in [1.54, 1.807) is 0 Å². The van der Waals surface area contributed by atoms with Gasteiger partial charge in [-0.15, -0.1) is 0 Å². The third-order valence-electron chi connectivity index (χ3n) is 3.69. The summed E-state index contributed by atoms with van der Waals surface area (Å²) >= 11 is 0. The zero-order valence-corrected chi connectivity index (χ0v) is 13.6. The molecule has 2 nitrogen and oxygen atoms in total. The molecular formula is C19H26N2. The van der Waals surface area contributed by atoms with Gasteiger partial charge in [-0.25, -0.2) is 0 Å². The van der Waals surface area contributed by atoms with E-state index in [-0.39, 0.29) is 0 Å². The highest BCUT2D eigenvalue weighted by Crippen LogP contribution is 2.29. The van der Waals surface area contributed by atoms with Gasteiger partial charge in [0.2, 0.25) is 0 Å². The maximum atomic E-state index is 4.16. The van der Waals surface area contributed by atoms with Crippen LogP contribution in [0.5, 0.6) is 0 Å². The van der Waals surface area contributed by atoms with Crippen LogP contribution < -0.4 is 5.32 Å². The van der Waals surface area contributed by atoms with Crippen molar-refractivity contribution in [2.45, 2.75) is 46.7 Å². The van der Waals surface area contributed by atoms with Gasteiger partial charge in [0.15, 0.2) is 0 Å². The van der Waals surface area contributed by atoms with Crippen LogP contribution in [0.15, 0.2) is 48.8 Å². The van der Waals surface area contributed by atoms with Crippen molar-refractivity contribution in [3.8, 4) is 0 Å². The number of aromatic nitrogens is 1. The van der Waals surface area contributed by atoms with Gasteiger partial charge in [-0.2, -0.15) is 0 Å². The molecule has 0 saturated heterocycles. The van der Waals surface area contributed by atoms with Crippen LogP contribution in [0.1, 0.15) is 49.9 Å². The summed E-state index contributed by atoms with van der Waals surface area (Å²) in [6.07, 6.45) is 4.91. The molecule has 2 heteroatoms. The number of pyridine rings is 1. The summed E-state index contributed by atoms with van der Waals surface area (Å²) in [6.45, 7) is 9.88. The molecule has 1 aromatic carbocycles. The number of hydrogen-bond acceptors (Lipinski definition) is 2. The van der Waals surface area contributed by atoms with Gasteiger partial charge in [-0.05, 0) is 41.5 Å². The van der Waals surface area contributed by atoms with E-state index in [1.165, 1.54) is 16.7 Å². The SMILES string of the molecule is Cc1cnccc1CNC(CC(C)(C)C)c1ccccc1. The summed E-state index contributed by atoms with van der Waals surface area (Å²) in [5.41, 5.74) is 4.22. The first-order valence-corrected chi connectivity index (χ1v) is 7.63. The Morgan fingerprint density at radius 3 is 2.43 bits per heavy atom. The molecular weight excluding hydrogens is 256 g/mol. The molecule has 1 N–H and O–H groups in total. The first-order valence-electron chi connectivity index (χ1n) is 7.63. The van der Waals surface area contributed by atoms with Crippen LogP contribution in [-0.4, -0.2) is 4.98 Å². The Morgan fingerprint density at radius 1 is 1.10 bits per heavy atom. The molecule has 112 valence electrons. The largest absolute Gasteiger partial charge is 0.306 e. The molecule has 1 atom stereocenters. The smallest absolute Gasteiger partial charge is 0.0328 e. The van der Waals surface area contributed by atoms with Gasteiger partial charge in [0.05, 0.1) is 0 Å². The van der Waals surface area contributed by atoms with Crippen LogP contribution in [-0.2, 0) is 6.54 Å². The van der Waals surface area contributed by atoms with E-state index in [2.05, 4.69) is 74.4 Å². The minimum atomic E-state index is 0.292. The molecule has 1 unspecified atom stereocenters. The summed E-state index contributed by atoms with van der Waals surface area (Å²) in [5, 5.41) is 3.72. The minimum Gasteiger partial charge on any atom is -0.306 e. The molecule has 0 aliphatic carbocycles. The Kier molecular flexibility index (Phi) is 5.13. The monoisotopic (exact) mass is 282 g/mol. The lowest BCUT2D eigenvalue weighted by molar-refractivity contribution is 0.310. The molecule has 1 aromatic heterocycles. The van der Waals surface area contributed by atoms with E-state index in [0.717, 1.165) is 13.0 Å². The number of benzene rings is 1. The van der Waals surface area contributed by atoms with Crippen molar-refractivity contribution in [2.75, 3.05) is 0 Å². The van der Waals surface area contributed by atoms with E-state index in [9.17, 15) is 0 Å². The second-order valence-electron chi connectivity index (χ2n) is 6.91. The molecule has 0 radical (unpaired) electrons. The van der Waals surface area contributed by atoms with Crippen molar-refractivity contribution in [1.29, 1.82) is 0 Å². The predicted molar refractivity (Wildman–Crippen MR) is 89.1 cm³/mol. The van der Waals surface area contributed by atoms with Crippen LogP contribution in [0.3, 0.4) is 0 Å². The summed E-state index contributed by atoms with van der Waals surface area (Å²) in [5.74, 6) is 0. The predicted octanol–water partition coefficient (Wildman–Crippen LogP) is 4.66. The average molecular weight is 282 g/mol. The molecule has 2 rings (SSSR count). The Labute approximate surface area is 128 Å². The highest BCUT2D eigenvalue weighted by molar-refractivity contribution is 5.23. The molecule has 0 aliphatic rings. The summed E-state index contributed by atoms with van der Waals surface area (Å²) in [7, 11) is 0. The van der Waals surface area contributed by atoms with Crippen molar-refractivity contribution >= 4 is 0 Å². The zero-order chi connectivity index (χ0) is 15.3. The Hall–Kier alpha value is -1.67. The number of nitrogens with zero attached hydrogens (tertiary/aromatic N) is 1. The lowest BCUT2D eigenvalue weighted by Crippen LogP contribution is -2.25. The van der Waals surface area contributed by atoms with E-state index >= 15 is 0 Å². The average Bonchev–Trinajstić information content (AvgIpc) is 2.45. The minimum absolute atomic E-state index is 0.292.